The maximum atomic E-state index is 2.48. The zero-order valence-corrected chi connectivity index (χ0v) is 12.3. The molecule has 0 saturated carbocycles. The van der Waals surface area contributed by atoms with Gasteiger partial charge in [-0.15, -0.1) is 0 Å². The fraction of sp³-hybridized carbons (Fsp3) is 0.636. The van der Waals surface area contributed by atoms with E-state index in [1.165, 1.54) is 25.7 Å². The Bertz CT molecular complexity index is 246. The van der Waals surface area contributed by atoms with Crippen LogP contribution in [0.5, 0.6) is 0 Å². The molecule has 0 aliphatic heterocycles. The van der Waals surface area contributed by atoms with Gasteiger partial charge in [0.15, 0.2) is 0 Å². The average Bonchev–Trinajstić information content (AvgIpc) is 2.47. The van der Waals surface area contributed by atoms with Crippen molar-refractivity contribution in [2.45, 2.75) is 44.3 Å². The van der Waals surface area contributed by atoms with Gasteiger partial charge in [0, 0.05) is 8.80 Å². The van der Waals surface area contributed by atoms with Gasteiger partial charge in [-0.25, -0.2) is 0 Å². The van der Waals surface area contributed by atoms with Gasteiger partial charge in [-0.3, -0.25) is 0 Å². The van der Waals surface area contributed by atoms with Crippen molar-refractivity contribution < 1.29 is 31.0 Å². The zero-order chi connectivity index (χ0) is 8.55. The SMILES string of the molecule is C[SiH](C)C1C=CC2=C1CCCC2.[H-].[Na+]. The molecule has 0 spiro atoms. The molecule has 2 aliphatic rings. The predicted octanol–water partition coefficient (Wildman–Crippen LogP) is 0.400. The molecule has 1 atom stereocenters. The Kier molecular flexibility index (Phi) is 4.50. The van der Waals surface area contributed by atoms with Gasteiger partial charge >= 0.3 is 29.6 Å². The van der Waals surface area contributed by atoms with Crippen LogP contribution in [0.25, 0.3) is 0 Å². The van der Waals surface area contributed by atoms with E-state index in [0.717, 1.165) is 5.54 Å². The van der Waals surface area contributed by atoms with Gasteiger partial charge in [0.1, 0.15) is 0 Å². The molecule has 68 valence electrons. The summed E-state index contributed by atoms with van der Waals surface area (Å²) < 4.78 is 0. The van der Waals surface area contributed by atoms with Crippen molar-refractivity contribution >= 4 is 8.80 Å². The van der Waals surface area contributed by atoms with E-state index >= 15 is 0 Å². The maximum absolute atomic E-state index is 2.48. The number of allylic oxidation sites excluding steroid dienone is 4. The van der Waals surface area contributed by atoms with Crippen molar-refractivity contribution in [3.8, 4) is 0 Å². The van der Waals surface area contributed by atoms with E-state index < -0.39 is 8.80 Å². The van der Waals surface area contributed by atoms with Crippen molar-refractivity contribution in [3.05, 3.63) is 23.3 Å². The Labute approximate surface area is 107 Å². The van der Waals surface area contributed by atoms with E-state index in [1.807, 2.05) is 5.57 Å². The van der Waals surface area contributed by atoms with E-state index in [4.69, 9.17) is 0 Å². The molecule has 0 bridgehead atoms. The monoisotopic (exact) mass is 202 g/mol. The van der Waals surface area contributed by atoms with Crippen molar-refractivity contribution in [2.24, 2.45) is 0 Å². The Morgan fingerprint density at radius 2 is 2.00 bits per heavy atom. The van der Waals surface area contributed by atoms with Crippen molar-refractivity contribution in [1.29, 1.82) is 0 Å². The van der Waals surface area contributed by atoms with Gasteiger partial charge in [0.05, 0.1) is 0 Å². The van der Waals surface area contributed by atoms with Crippen LogP contribution in [0.4, 0.5) is 0 Å². The molecular formula is C11H19NaSi. The van der Waals surface area contributed by atoms with Crippen LogP contribution in [0.2, 0.25) is 18.6 Å². The van der Waals surface area contributed by atoms with Crippen LogP contribution in [0.15, 0.2) is 23.3 Å². The first kappa shape index (κ1) is 11.8. The molecule has 0 fully saturated rings. The Balaban J connectivity index is 0.000000845. The third-order valence-electron chi connectivity index (χ3n) is 3.18. The van der Waals surface area contributed by atoms with Crippen LogP contribution in [0, 0.1) is 0 Å². The number of rotatable bonds is 1. The van der Waals surface area contributed by atoms with Crippen LogP contribution in [0.3, 0.4) is 0 Å². The maximum Gasteiger partial charge on any atom is 1.00 e. The molecule has 2 rings (SSSR count). The van der Waals surface area contributed by atoms with Crippen LogP contribution >= 0.6 is 0 Å². The van der Waals surface area contributed by atoms with E-state index in [2.05, 4.69) is 25.2 Å². The molecule has 2 aliphatic carbocycles. The summed E-state index contributed by atoms with van der Waals surface area (Å²) in [5.74, 6) is 0. The smallest absolute Gasteiger partial charge is 1.00 e. The van der Waals surface area contributed by atoms with E-state index in [-0.39, 0.29) is 31.0 Å². The molecule has 2 heteroatoms. The minimum atomic E-state index is -0.462. The normalized spacial score (nSPS) is 26.2. The zero-order valence-electron chi connectivity index (χ0n) is 10.1. The molecule has 0 amide bonds. The first-order valence-corrected chi connectivity index (χ1v) is 8.17. The van der Waals surface area contributed by atoms with Gasteiger partial charge in [0.2, 0.25) is 0 Å². The molecule has 0 aromatic rings. The topological polar surface area (TPSA) is 0 Å². The second-order valence-electron chi connectivity index (χ2n) is 4.39. The van der Waals surface area contributed by atoms with Crippen LogP contribution in [-0.4, -0.2) is 8.80 Å². The van der Waals surface area contributed by atoms with Gasteiger partial charge in [-0.1, -0.05) is 30.8 Å². The Morgan fingerprint density at radius 1 is 1.31 bits per heavy atom. The molecule has 0 aromatic carbocycles. The van der Waals surface area contributed by atoms with E-state index in [1.54, 1.807) is 5.57 Å². The second-order valence-corrected chi connectivity index (χ2v) is 7.59. The summed E-state index contributed by atoms with van der Waals surface area (Å²) in [4.78, 5) is 0. The third-order valence-corrected chi connectivity index (χ3v) is 5.24. The fourth-order valence-corrected chi connectivity index (χ4v) is 4.22. The molecule has 1 unspecified atom stereocenters. The Hall–Kier alpha value is 0.697. The predicted molar refractivity (Wildman–Crippen MR) is 58.4 cm³/mol. The minimum Gasteiger partial charge on any atom is -1.00 e. The summed E-state index contributed by atoms with van der Waals surface area (Å²) in [6.07, 6.45) is 10.5. The van der Waals surface area contributed by atoms with Gasteiger partial charge in [0.25, 0.3) is 0 Å². The van der Waals surface area contributed by atoms with Gasteiger partial charge in [-0.2, -0.15) is 0 Å². The Morgan fingerprint density at radius 3 is 2.69 bits per heavy atom. The quantitative estimate of drug-likeness (QED) is 0.540. The van der Waals surface area contributed by atoms with E-state index in [0.29, 0.717) is 0 Å². The number of hydrogen-bond donors (Lipinski definition) is 0. The van der Waals surface area contributed by atoms with Crippen molar-refractivity contribution in [2.75, 3.05) is 0 Å². The first-order chi connectivity index (χ1) is 5.79. The molecule has 0 saturated heterocycles. The standard InChI is InChI=1S/C11H18Si.Na.H/c1-12(2)11-8-7-9-5-3-4-6-10(9)11;;/h7-8,11-12H,3-6H2,1-2H3;;/q;+1;-1. The number of hydrogen-bond acceptors (Lipinski definition) is 0. The summed E-state index contributed by atoms with van der Waals surface area (Å²) in [7, 11) is -0.462. The van der Waals surface area contributed by atoms with Crippen LogP contribution < -0.4 is 29.6 Å². The molecule has 0 radical (unpaired) electrons. The summed E-state index contributed by atoms with van der Waals surface area (Å²) in [6, 6.07) is 0. The second kappa shape index (κ2) is 4.97. The molecule has 0 nitrogen and oxygen atoms in total. The minimum absolute atomic E-state index is 0. The fourth-order valence-electron chi connectivity index (χ4n) is 2.48. The molecular weight excluding hydrogens is 183 g/mol. The van der Waals surface area contributed by atoms with Gasteiger partial charge < -0.3 is 1.43 Å². The van der Waals surface area contributed by atoms with Crippen LogP contribution in [-0.2, 0) is 0 Å². The van der Waals surface area contributed by atoms with Gasteiger partial charge in [-0.05, 0) is 36.8 Å². The average molecular weight is 202 g/mol. The molecule has 0 heterocycles. The van der Waals surface area contributed by atoms with Crippen molar-refractivity contribution in [3.63, 3.8) is 0 Å². The largest absolute Gasteiger partial charge is 1.00 e. The summed E-state index contributed by atoms with van der Waals surface area (Å²) in [6.45, 7) is 4.94. The van der Waals surface area contributed by atoms with E-state index in [9.17, 15) is 0 Å². The van der Waals surface area contributed by atoms with Crippen LogP contribution in [0.1, 0.15) is 27.1 Å². The van der Waals surface area contributed by atoms with Crippen molar-refractivity contribution in [1.82, 2.24) is 0 Å². The summed E-state index contributed by atoms with van der Waals surface area (Å²) in [5, 5.41) is 0. The third kappa shape index (κ3) is 2.38. The molecule has 0 aromatic heterocycles. The molecule has 13 heavy (non-hydrogen) atoms. The first-order valence-electron chi connectivity index (χ1n) is 5.19. The summed E-state index contributed by atoms with van der Waals surface area (Å²) in [5.41, 5.74) is 4.44. The summed E-state index contributed by atoms with van der Waals surface area (Å²) >= 11 is 0. The molecule has 0 N–H and O–H groups in total.